The molecule has 7 heteroatoms. The smallest absolute Gasteiger partial charge is 0.227 e. The number of fused-ring (bicyclic) bond motifs is 1. The summed E-state index contributed by atoms with van der Waals surface area (Å²) >= 11 is 1.75. The molecule has 1 aliphatic heterocycles. The molecular weight excluding hydrogens is 420 g/mol. The Labute approximate surface area is 193 Å². The highest BCUT2D eigenvalue weighted by atomic mass is 32.1. The van der Waals surface area contributed by atoms with E-state index >= 15 is 0 Å². The zero-order chi connectivity index (χ0) is 22.2. The van der Waals surface area contributed by atoms with E-state index in [1.807, 2.05) is 25.1 Å². The van der Waals surface area contributed by atoms with Crippen molar-refractivity contribution < 1.29 is 9.53 Å². The van der Waals surface area contributed by atoms with Gasteiger partial charge in [-0.2, -0.15) is 0 Å². The van der Waals surface area contributed by atoms with Gasteiger partial charge in [-0.1, -0.05) is 12.5 Å². The van der Waals surface area contributed by atoms with Crippen molar-refractivity contribution in [1.29, 1.82) is 0 Å². The third kappa shape index (κ3) is 3.94. The molecule has 2 fully saturated rings. The third-order valence-corrected chi connectivity index (χ3v) is 7.78. The lowest BCUT2D eigenvalue weighted by Gasteiger charge is -2.33. The maximum Gasteiger partial charge on any atom is 0.227 e. The van der Waals surface area contributed by atoms with Crippen LogP contribution in [0.2, 0.25) is 0 Å². The van der Waals surface area contributed by atoms with E-state index in [9.17, 15) is 4.79 Å². The topological polar surface area (TPSA) is 67.3 Å². The van der Waals surface area contributed by atoms with Gasteiger partial charge in [0.1, 0.15) is 17.4 Å². The molecule has 168 valence electrons. The summed E-state index contributed by atoms with van der Waals surface area (Å²) in [5, 5.41) is 6.44. The summed E-state index contributed by atoms with van der Waals surface area (Å²) < 4.78 is 5.42. The van der Waals surface area contributed by atoms with Gasteiger partial charge in [-0.3, -0.25) is 4.79 Å². The van der Waals surface area contributed by atoms with Crippen molar-refractivity contribution in [2.75, 3.05) is 30.4 Å². The zero-order valence-corrected chi connectivity index (χ0v) is 19.8. The number of carbonyl (C=O) groups is 1. The molecule has 0 radical (unpaired) electrons. The van der Waals surface area contributed by atoms with Crippen LogP contribution in [-0.4, -0.2) is 36.1 Å². The summed E-state index contributed by atoms with van der Waals surface area (Å²) in [4.78, 5) is 26.6. The number of anilines is 2. The molecule has 2 aliphatic rings. The largest absolute Gasteiger partial charge is 0.495 e. The van der Waals surface area contributed by atoms with Crippen molar-refractivity contribution in [2.45, 2.75) is 51.9 Å². The van der Waals surface area contributed by atoms with Gasteiger partial charge < -0.3 is 15.0 Å². The number of methoxy groups -OCH3 is 1. The van der Waals surface area contributed by atoms with E-state index < -0.39 is 0 Å². The molecule has 32 heavy (non-hydrogen) atoms. The SMILES string of the molecule is COc1ccc(C)cc1NC(=O)C1CCN(c2nc(C3CCC3)nc3csc(C)c23)CC1. The van der Waals surface area contributed by atoms with Crippen LogP contribution in [0.4, 0.5) is 11.5 Å². The summed E-state index contributed by atoms with van der Waals surface area (Å²) in [7, 11) is 1.63. The summed E-state index contributed by atoms with van der Waals surface area (Å²) in [5.74, 6) is 3.33. The van der Waals surface area contributed by atoms with Crippen molar-refractivity contribution in [3.63, 3.8) is 0 Å². The molecule has 1 aliphatic carbocycles. The van der Waals surface area contributed by atoms with Gasteiger partial charge in [0.2, 0.25) is 5.91 Å². The summed E-state index contributed by atoms with van der Waals surface area (Å²) in [6.45, 7) is 5.82. The van der Waals surface area contributed by atoms with Crippen molar-refractivity contribution in [3.05, 3.63) is 39.8 Å². The molecule has 1 saturated carbocycles. The number of nitrogens with one attached hydrogen (secondary N) is 1. The molecule has 3 aromatic rings. The number of ether oxygens (including phenoxy) is 1. The van der Waals surface area contributed by atoms with E-state index in [0.717, 1.165) is 54.3 Å². The summed E-state index contributed by atoms with van der Waals surface area (Å²) in [6.07, 6.45) is 5.29. The average molecular weight is 451 g/mol. The first-order valence-electron chi connectivity index (χ1n) is 11.5. The zero-order valence-electron chi connectivity index (χ0n) is 19.0. The second-order valence-electron chi connectivity index (χ2n) is 9.04. The molecule has 6 nitrogen and oxygen atoms in total. The molecule has 1 saturated heterocycles. The van der Waals surface area contributed by atoms with Gasteiger partial charge in [0.15, 0.2) is 0 Å². The third-order valence-electron chi connectivity index (χ3n) is 6.88. The number of thiophene rings is 1. The van der Waals surface area contributed by atoms with Gasteiger partial charge in [0.25, 0.3) is 0 Å². The van der Waals surface area contributed by atoms with E-state index in [1.54, 1.807) is 18.4 Å². The highest BCUT2D eigenvalue weighted by Gasteiger charge is 2.30. The minimum absolute atomic E-state index is 0.0107. The minimum atomic E-state index is -0.0107. The predicted octanol–water partition coefficient (Wildman–Crippen LogP) is 5.44. The number of hydrogen-bond acceptors (Lipinski definition) is 6. The molecule has 2 aromatic heterocycles. The fourth-order valence-electron chi connectivity index (χ4n) is 4.70. The molecule has 0 bridgehead atoms. The van der Waals surface area contributed by atoms with Crippen LogP contribution in [0.25, 0.3) is 10.9 Å². The number of aryl methyl sites for hydroxylation is 2. The van der Waals surface area contributed by atoms with Gasteiger partial charge in [0.05, 0.1) is 23.7 Å². The Kier molecular flexibility index (Phi) is 5.76. The monoisotopic (exact) mass is 450 g/mol. The Bertz CT molecular complexity index is 1150. The Morgan fingerprint density at radius 3 is 2.62 bits per heavy atom. The van der Waals surface area contributed by atoms with Crippen molar-refractivity contribution in [3.8, 4) is 5.75 Å². The molecule has 3 heterocycles. The van der Waals surface area contributed by atoms with E-state index in [1.165, 1.54) is 29.5 Å². The standard InChI is InChI=1S/C25H30N4O2S/c1-15-7-8-21(31-3)19(13-15)27-25(30)18-9-11-29(12-10-18)24-22-16(2)32-14-20(22)26-23(28-24)17-5-4-6-17/h7-8,13-14,17-18H,4-6,9-12H2,1-3H3,(H,27,30). The Hall–Kier alpha value is -2.67. The Balaban J connectivity index is 1.32. The van der Waals surface area contributed by atoms with Gasteiger partial charge in [-0.25, -0.2) is 9.97 Å². The van der Waals surface area contributed by atoms with Crippen LogP contribution in [0.1, 0.15) is 54.3 Å². The van der Waals surface area contributed by atoms with E-state index in [2.05, 4.69) is 22.5 Å². The number of amides is 1. The molecule has 0 unspecified atom stereocenters. The first kappa shape index (κ1) is 21.2. The van der Waals surface area contributed by atoms with E-state index in [4.69, 9.17) is 14.7 Å². The van der Waals surface area contributed by atoms with Crippen molar-refractivity contribution in [2.24, 2.45) is 5.92 Å². The number of benzene rings is 1. The summed E-state index contributed by atoms with van der Waals surface area (Å²) in [5.41, 5.74) is 2.92. The van der Waals surface area contributed by atoms with Crippen LogP contribution in [0.15, 0.2) is 23.6 Å². The van der Waals surface area contributed by atoms with E-state index in [0.29, 0.717) is 11.7 Å². The number of nitrogens with zero attached hydrogens (tertiary/aromatic N) is 3. The van der Waals surface area contributed by atoms with Crippen molar-refractivity contribution in [1.82, 2.24) is 9.97 Å². The molecule has 0 spiro atoms. The number of carbonyl (C=O) groups excluding carboxylic acids is 1. The van der Waals surface area contributed by atoms with Gasteiger partial charge in [0, 0.05) is 35.2 Å². The fourth-order valence-corrected chi connectivity index (χ4v) is 5.47. The van der Waals surface area contributed by atoms with E-state index in [-0.39, 0.29) is 11.8 Å². The maximum atomic E-state index is 13.0. The Morgan fingerprint density at radius 2 is 1.94 bits per heavy atom. The Morgan fingerprint density at radius 1 is 1.16 bits per heavy atom. The first-order chi connectivity index (χ1) is 15.5. The summed E-state index contributed by atoms with van der Waals surface area (Å²) in [6, 6.07) is 5.85. The molecule has 5 rings (SSSR count). The number of rotatable bonds is 5. The maximum absolute atomic E-state index is 13.0. The quantitative estimate of drug-likeness (QED) is 0.561. The molecule has 1 amide bonds. The highest BCUT2D eigenvalue weighted by molar-refractivity contribution is 7.11. The van der Waals surface area contributed by atoms with Gasteiger partial charge >= 0.3 is 0 Å². The van der Waals surface area contributed by atoms with Crippen LogP contribution in [0.5, 0.6) is 5.75 Å². The lowest BCUT2D eigenvalue weighted by atomic mass is 9.85. The minimum Gasteiger partial charge on any atom is -0.495 e. The average Bonchev–Trinajstić information content (AvgIpc) is 3.13. The fraction of sp³-hybridized carbons (Fsp3) is 0.480. The second kappa shape index (κ2) is 8.70. The van der Waals surface area contributed by atoms with Gasteiger partial charge in [-0.15, -0.1) is 11.3 Å². The lowest BCUT2D eigenvalue weighted by molar-refractivity contribution is -0.120. The second-order valence-corrected chi connectivity index (χ2v) is 10.1. The van der Waals surface area contributed by atoms with Gasteiger partial charge in [-0.05, 0) is 57.2 Å². The first-order valence-corrected chi connectivity index (χ1v) is 12.4. The normalized spacial score (nSPS) is 17.4. The van der Waals surface area contributed by atoms with Crippen LogP contribution in [-0.2, 0) is 4.79 Å². The number of hydrogen-bond donors (Lipinski definition) is 1. The molecule has 0 atom stereocenters. The van der Waals surface area contributed by atoms with Crippen LogP contribution >= 0.6 is 11.3 Å². The van der Waals surface area contributed by atoms with Crippen LogP contribution in [0.3, 0.4) is 0 Å². The number of piperidine rings is 1. The lowest BCUT2D eigenvalue weighted by Crippen LogP contribution is -2.39. The molecule has 1 N–H and O–H groups in total. The van der Waals surface area contributed by atoms with Crippen LogP contribution in [0, 0.1) is 19.8 Å². The molecule has 1 aromatic carbocycles. The molecular formula is C25H30N4O2S. The van der Waals surface area contributed by atoms with Crippen LogP contribution < -0.4 is 15.0 Å². The number of aromatic nitrogens is 2. The predicted molar refractivity (Wildman–Crippen MR) is 130 cm³/mol. The van der Waals surface area contributed by atoms with Crippen molar-refractivity contribution >= 4 is 39.7 Å². The highest BCUT2D eigenvalue weighted by Crippen LogP contribution is 2.39.